The third-order valence-corrected chi connectivity index (χ3v) is 5.02. The molecule has 2 aromatic rings. The molecule has 2 N–H and O–H groups in total. The largest absolute Gasteiger partial charge is 0.398 e. The summed E-state index contributed by atoms with van der Waals surface area (Å²) in [6, 6.07) is 14.6. The zero-order valence-electron chi connectivity index (χ0n) is 10.8. The molecule has 0 aliphatic carbocycles. The molecule has 0 heterocycles. The number of sulfone groups is 1. The maximum Gasteiger partial charge on any atom is 0.179 e. The molecule has 0 unspecified atom stereocenters. The van der Waals surface area contributed by atoms with Crippen molar-refractivity contribution in [1.29, 1.82) is 0 Å². The average Bonchev–Trinajstić information content (AvgIpc) is 2.41. The number of aryl methyl sites for hydroxylation is 1. The third kappa shape index (κ3) is 3.15. The summed E-state index contributed by atoms with van der Waals surface area (Å²) in [6.45, 7) is 1.74. The molecule has 19 heavy (non-hydrogen) atoms. The van der Waals surface area contributed by atoms with E-state index >= 15 is 0 Å². The first-order chi connectivity index (χ1) is 9.00. The molecule has 4 heteroatoms. The second-order valence-corrected chi connectivity index (χ2v) is 6.60. The fourth-order valence-corrected chi connectivity index (χ4v) is 3.57. The molecule has 0 fully saturated rings. The van der Waals surface area contributed by atoms with E-state index in [0.717, 1.165) is 5.56 Å². The van der Waals surface area contributed by atoms with Crippen LogP contribution in [0.4, 0.5) is 5.69 Å². The highest BCUT2D eigenvalue weighted by Crippen LogP contribution is 2.22. The average molecular weight is 275 g/mol. The van der Waals surface area contributed by atoms with E-state index in [-0.39, 0.29) is 5.75 Å². The highest BCUT2D eigenvalue weighted by Gasteiger charge is 2.17. The second-order valence-electron chi connectivity index (χ2n) is 4.52. The third-order valence-electron chi connectivity index (χ3n) is 3.16. The van der Waals surface area contributed by atoms with Crippen molar-refractivity contribution < 1.29 is 8.42 Å². The van der Waals surface area contributed by atoms with Gasteiger partial charge in [0, 0.05) is 5.69 Å². The number of anilines is 1. The minimum atomic E-state index is -3.29. The van der Waals surface area contributed by atoms with Crippen molar-refractivity contribution in [3.63, 3.8) is 0 Å². The summed E-state index contributed by atoms with van der Waals surface area (Å²) in [5.41, 5.74) is 7.93. The Morgan fingerprint density at radius 1 is 1.00 bits per heavy atom. The zero-order valence-corrected chi connectivity index (χ0v) is 11.7. The van der Waals surface area contributed by atoms with Gasteiger partial charge in [0.1, 0.15) is 0 Å². The molecule has 2 aromatic carbocycles. The van der Waals surface area contributed by atoms with Gasteiger partial charge < -0.3 is 5.73 Å². The summed E-state index contributed by atoms with van der Waals surface area (Å²) < 4.78 is 24.6. The Labute approximate surface area is 114 Å². The van der Waals surface area contributed by atoms with Crippen molar-refractivity contribution in [2.45, 2.75) is 18.2 Å². The Hall–Kier alpha value is -1.81. The monoisotopic (exact) mass is 275 g/mol. The Morgan fingerprint density at radius 2 is 1.68 bits per heavy atom. The minimum Gasteiger partial charge on any atom is -0.398 e. The zero-order chi connectivity index (χ0) is 13.9. The van der Waals surface area contributed by atoms with E-state index in [4.69, 9.17) is 5.73 Å². The SMILES string of the molecule is Cc1c(N)cccc1S(=O)(=O)CCc1ccccc1. The van der Waals surface area contributed by atoms with Crippen LogP contribution in [0.5, 0.6) is 0 Å². The van der Waals surface area contributed by atoms with E-state index in [9.17, 15) is 8.42 Å². The predicted octanol–water partition coefficient (Wildman–Crippen LogP) is 2.59. The van der Waals surface area contributed by atoms with Crippen molar-refractivity contribution in [1.82, 2.24) is 0 Å². The highest BCUT2D eigenvalue weighted by atomic mass is 32.2. The van der Waals surface area contributed by atoms with E-state index in [1.54, 1.807) is 25.1 Å². The molecule has 0 atom stereocenters. The maximum atomic E-state index is 12.3. The lowest BCUT2D eigenvalue weighted by Gasteiger charge is -2.09. The molecule has 0 amide bonds. The van der Waals surface area contributed by atoms with Gasteiger partial charge in [-0.1, -0.05) is 36.4 Å². The lowest BCUT2D eigenvalue weighted by molar-refractivity contribution is 0.594. The quantitative estimate of drug-likeness (QED) is 0.872. The van der Waals surface area contributed by atoms with Crippen molar-refractivity contribution in [2.75, 3.05) is 11.5 Å². The standard InChI is InChI=1S/C15H17NO2S/c1-12-14(16)8-5-9-15(12)19(17,18)11-10-13-6-3-2-4-7-13/h2-9H,10-11,16H2,1H3. The van der Waals surface area contributed by atoms with E-state index in [1.807, 2.05) is 30.3 Å². The molecule has 0 saturated heterocycles. The van der Waals surface area contributed by atoms with Gasteiger partial charge in [0.05, 0.1) is 10.6 Å². The topological polar surface area (TPSA) is 60.2 Å². The van der Waals surface area contributed by atoms with Crippen LogP contribution in [-0.4, -0.2) is 14.2 Å². The van der Waals surface area contributed by atoms with Crippen LogP contribution in [0.25, 0.3) is 0 Å². The number of nitrogen functional groups attached to an aromatic ring is 1. The van der Waals surface area contributed by atoms with E-state index in [1.165, 1.54) is 0 Å². The Bertz CT molecular complexity index is 664. The number of benzene rings is 2. The van der Waals surface area contributed by atoms with Crippen molar-refractivity contribution in [2.24, 2.45) is 0 Å². The molecule has 3 nitrogen and oxygen atoms in total. The first kappa shape index (κ1) is 13.6. The molecule has 0 aliphatic rings. The molecule has 0 bridgehead atoms. The molecular formula is C15H17NO2S. The summed E-state index contributed by atoms with van der Waals surface area (Å²) in [4.78, 5) is 0.337. The van der Waals surface area contributed by atoms with E-state index in [2.05, 4.69) is 0 Å². The lowest BCUT2D eigenvalue weighted by atomic mass is 10.2. The van der Waals surface area contributed by atoms with Gasteiger partial charge in [-0.05, 0) is 36.6 Å². The van der Waals surface area contributed by atoms with Gasteiger partial charge in [0.2, 0.25) is 0 Å². The van der Waals surface area contributed by atoms with Gasteiger partial charge in [-0.15, -0.1) is 0 Å². The highest BCUT2D eigenvalue weighted by molar-refractivity contribution is 7.91. The van der Waals surface area contributed by atoms with Crippen LogP contribution in [0.1, 0.15) is 11.1 Å². The van der Waals surface area contributed by atoms with Gasteiger partial charge >= 0.3 is 0 Å². The molecule has 0 spiro atoms. The Morgan fingerprint density at radius 3 is 2.37 bits per heavy atom. The van der Waals surface area contributed by atoms with Crippen molar-refractivity contribution >= 4 is 15.5 Å². The van der Waals surface area contributed by atoms with Crippen LogP contribution >= 0.6 is 0 Å². The number of hydrogen-bond donors (Lipinski definition) is 1. The van der Waals surface area contributed by atoms with Crippen LogP contribution < -0.4 is 5.73 Å². The fraction of sp³-hybridized carbons (Fsp3) is 0.200. The predicted molar refractivity (Wildman–Crippen MR) is 77.8 cm³/mol. The lowest BCUT2D eigenvalue weighted by Crippen LogP contribution is -2.11. The number of nitrogens with two attached hydrogens (primary N) is 1. The summed E-state index contributed by atoms with van der Waals surface area (Å²) in [5, 5.41) is 0. The molecule has 0 radical (unpaired) electrons. The van der Waals surface area contributed by atoms with Crippen molar-refractivity contribution in [3.05, 3.63) is 59.7 Å². The molecule has 0 aromatic heterocycles. The van der Waals surface area contributed by atoms with E-state index in [0.29, 0.717) is 22.6 Å². The van der Waals surface area contributed by atoms with Gasteiger partial charge in [0.25, 0.3) is 0 Å². The summed E-state index contributed by atoms with van der Waals surface area (Å²) >= 11 is 0. The Kier molecular flexibility index (Phi) is 3.90. The number of rotatable bonds is 4. The van der Waals surface area contributed by atoms with Gasteiger partial charge in [-0.2, -0.15) is 0 Å². The fourth-order valence-electron chi connectivity index (χ4n) is 1.98. The summed E-state index contributed by atoms with van der Waals surface area (Å²) in [7, 11) is -3.29. The normalized spacial score (nSPS) is 11.4. The summed E-state index contributed by atoms with van der Waals surface area (Å²) in [5.74, 6) is 0.0985. The van der Waals surface area contributed by atoms with Gasteiger partial charge in [-0.3, -0.25) is 0 Å². The van der Waals surface area contributed by atoms with Crippen molar-refractivity contribution in [3.8, 4) is 0 Å². The molecule has 0 aliphatic heterocycles. The summed E-state index contributed by atoms with van der Waals surface area (Å²) in [6.07, 6.45) is 0.511. The van der Waals surface area contributed by atoms with Gasteiger partial charge in [0.15, 0.2) is 9.84 Å². The van der Waals surface area contributed by atoms with Crippen LogP contribution in [0.2, 0.25) is 0 Å². The first-order valence-electron chi connectivity index (χ1n) is 6.12. The van der Waals surface area contributed by atoms with Crippen LogP contribution in [0.3, 0.4) is 0 Å². The van der Waals surface area contributed by atoms with E-state index < -0.39 is 9.84 Å². The van der Waals surface area contributed by atoms with Crippen LogP contribution in [0, 0.1) is 6.92 Å². The molecular weight excluding hydrogens is 258 g/mol. The van der Waals surface area contributed by atoms with Gasteiger partial charge in [-0.25, -0.2) is 8.42 Å². The maximum absolute atomic E-state index is 12.3. The minimum absolute atomic E-state index is 0.0985. The smallest absolute Gasteiger partial charge is 0.179 e. The second kappa shape index (κ2) is 5.45. The molecule has 0 saturated carbocycles. The molecule has 2 rings (SSSR count). The Balaban J connectivity index is 2.22. The number of hydrogen-bond acceptors (Lipinski definition) is 3. The van der Waals surface area contributed by atoms with Crippen LogP contribution in [-0.2, 0) is 16.3 Å². The first-order valence-corrected chi connectivity index (χ1v) is 7.78. The van der Waals surface area contributed by atoms with Crippen LogP contribution in [0.15, 0.2) is 53.4 Å². The molecule has 100 valence electrons.